The molecule has 0 atom stereocenters. The molecule has 106 valence electrons. The Labute approximate surface area is 113 Å². The van der Waals surface area contributed by atoms with Crippen molar-refractivity contribution in [1.29, 1.82) is 0 Å². The summed E-state index contributed by atoms with van der Waals surface area (Å²) in [5.41, 5.74) is 0.419. The minimum atomic E-state index is -0.926. The minimum Gasteiger partial charge on any atom is -0.479 e. The Hall–Kier alpha value is -1.82. The summed E-state index contributed by atoms with van der Waals surface area (Å²) in [5, 5.41) is 2.81. The van der Waals surface area contributed by atoms with Crippen molar-refractivity contribution in [3.05, 3.63) is 12.3 Å². The standard InChI is InChI=1S/C13H21N3O3/c1-13(2,19-6)12(17)15-10-9(16(3)4)7-8-14-11(10)18-5/h7-8H,1-6H3,(H,15,17). The van der Waals surface area contributed by atoms with Crippen LogP contribution in [0.1, 0.15) is 13.8 Å². The summed E-state index contributed by atoms with van der Waals surface area (Å²) < 4.78 is 10.3. The predicted molar refractivity (Wildman–Crippen MR) is 74.8 cm³/mol. The van der Waals surface area contributed by atoms with Crippen LogP contribution in [0.4, 0.5) is 11.4 Å². The molecule has 1 heterocycles. The maximum atomic E-state index is 12.2. The van der Waals surface area contributed by atoms with E-state index >= 15 is 0 Å². The van der Waals surface area contributed by atoms with Crippen molar-refractivity contribution in [2.75, 3.05) is 38.5 Å². The summed E-state index contributed by atoms with van der Waals surface area (Å²) >= 11 is 0. The molecule has 0 aromatic carbocycles. The number of hydrogen-bond acceptors (Lipinski definition) is 5. The van der Waals surface area contributed by atoms with E-state index < -0.39 is 5.60 Å². The zero-order valence-electron chi connectivity index (χ0n) is 12.3. The van der Waals surface area contributed by atoms with Crippen LogP contribution in [0.15, 0.2) is 12.3 Å². The van der Waals surface area contributed by atoms with Gasteiger partial charge in [-0.3, -0.25) is 4.79 Å². The topological polar surface area (TPSA) is 63.7 Å². The van der Waals surface area contributed by atoms with E-state index in [2.05, 4.69) is 10.3 Å². The van der Waals surface area contributed by atoms with Crippen molar-refractivity contribution < 1.29 is 14.3 Å². The Morgan fingerprint density at radius 2 is 2.00 bits per heavy atom. The molecule has 1 N–H and O–H groups in total. The maximum absolute atomic E-state index is 12.2. The Bertz CT molecular complexity index is 458. The van der Waals surface area contributed by atoms with Crippen molar-refractivity contribution >= 4 is 17.3 Å². The van der Waals surface area contributed by atoms with Gasteiger partial charge in [0.25, 0.3) is 5.91 Å². The number of carbonyl (C=O) groups excluding carboxylic acids is 1. The summed E-state index contributed by atoms with van der Waals surface area (Å²) in [7, 11) is 6.77. The third-order valence-electron chi connectivity index (χ3n) is 2.87. The first kappa shape index (κ1) is 15.2. The molecule has 1 amide bonds. The molecule has 1 rings (SSSR count). The Balaban J connectivity index is 3.15. The van der Waals surface area contributed by atoms with E-state index in [4.69, 9.17) is 9.47 Å². The first-order valence-corrected chi connectivity index (χ1v) is 5.90. The van der Waals surface area contributed by atoms with Crippen molar-refractivity contribution in [3.8, 4) is 5.88 Å². The van der Waals surface area contributed by atoms with Crippen LogP contribution in [0.5, 0.6) is 5.88 Å². The minimum absolute atomic E-state index is 0.260. The number of nitrogens with one attached hydrogen (secondary N) is 1. The Morgan fingerprint density at radius 1 is 1.37 bits per heavy atom. The quantitative estimate of drug-likeness (QED) is 0.876. The smallest absolute Gasteiger partial charge is 0.256 e. The van der Waals surface area contributed by atoms with Crippen LogP contribution >= 0.6 is 0 Å². The molecule has 1 aromatic rings. The fourth-order valence-corrected chi connectivity index (χ4v) is 1.43. The van der Waals surface area contributed by atoms with Crippen LogP contribution in [-0.4, -0.2) is 44.8 Å². The van der Waals surface area contributed by atoms with Gasteiger partial charge < -0.3 is 19.7 Å². The van der Waals surface area contributed by atoms with E-state index in [9.17, 15) is 4.79 Å². The monoisotopic (exact) mass is 267 g/mol. The average molecular weight is 267 g/mol. The van der Waals surface area contributed by atoms with E-state index in [1.807, 2.05) is 19.0 Å². The molecule has 0 aliphatic rings. The van der Waals surface area contributed by atoms with Gasteiger partial charge in [0, 0.05) is 27.4 Å². The molecule has 0 unspecified atom stereocenters. The lowest BCUT2D eigenvalue weighted by atomic mass is 10.1. The van der Waals surface area contributed by atoms with Crippen LogP contribution < -0.4 is 15.0 Å². The summed E-state index contributed by atoms with van der Waals surface area (Å²) in [6.07, 6.45) is 1.63. The molecule has 6 nitrogen and oxygen atoms in total. The van der Waals surface area contributed by atoms with Crippen molar-refractivity contribution in [1.82, 2.24) is 4.98 Å². The fourth-order valence-electron chi connectivity index (χ4n) is 1.43. The Morgan fingerprint density at radius 3 is 2.47 bits per heavy atom. The zero-order valence-corrected chi connectivity index (χ0v) is 12.3. The van der Waals surface area contributed by atoms with Crippen LogP contribution in [0.3, 0.4) is 0 Å². The summed E-state index contributed by atoms with van der Waals surface area (Å²) in [5.74, 6) is 0.107. The van der Waals surface area contributed by atoms with Gasteiger partial charge >= 0.3 is 0 Å². The molecule has 0 aliphatic carbocycles. The number of pyridine rings is 1. The molecule has 1 aromatic heterocycles. The molecule has 19 heavy (non-hydrogen) atoms. The number of ether oxygens (including phenoxy) is 2. The largest absolute Gasteiger partial charge is 0.479 e. The normalized spacial score (nSPS) is 11.1. The second-order valence-electron chi connectivity index (χ2n) is 4.78. The highest BCUT2D eigenvalue weighted by atomic mass is 16.5. The third-order valence-corrected chi connectivity index (χ3v) is 2.87. The first-order chi connectivity index (χ1) is 8.83. The molecule has 6 heteroatoms. The van der Waals surface area contributed by atoms with Gasteiger partial charge in [-0.25, -0.2) is 4.98 Å². The van der Waals surface area contributed by atoms with E-state index in [1.165, 1.54) is 14.2 Å². The first-order valence-electron chi connectivity index (χ1n) is 5.90. The zero-order chi connectivity index (χ0) is 14.6. The molecule has 0 aliphatic heterocycles. The summed E-state index contributed by atoms with van der Waals surface area (Å²) in [6, 6.07) is 1.80. The van der Waals surface area contributed by atoms with Crippen molar-refractivity contribution in [3.63, 3.8) is 0 Å². The second-order valence-corrected chi connectivity index (χ2v) is 4.78. The number of hydrogen-bond donors (Lipinski definition) is 1. The highest BCUT2D eigenvalue weighted by Gasteiger charge is 2.29. The second kappa shape index (κ2) is 5.88. The summed E-state index contributed by atoms with van der Waals surface area (Å²) in [6.45, 7) is 3.39. The number of aromatic nitrogens is 1. The number of amides is 1. The molecule has 0 bridgehead atoms. The van der Waals surface area contributed by atoms with Crippen LogP contribution in [0.2, 0.25) is 0 Å². The van der Waals surface area contributed by atoms with Gasteiger partial charge in [0.05, 0.1) is 12.8 Å². The average Bonchev–Trinajstić information content (AvgIpc) is 2.38. The van der Waals surface area contributed by atoms with Crippen molar-refractivity contribution in [2.45, 2.75) is 19.4 Å². The fraction of sp³-hybridized carbons (Fsp3) is 0.538. The van der Waals surface area contributed by atoms with Gasteiger partial charge in [-0.05, 0) is 19.9 Å². The summed E-state index contributed by atoms with van der Waals surface area (Å²) in [4.78, 5) is 18.1. The molecule has 0 fully saturated rings. The van der Waals surface area contributed by atoms with Crippen molar-refractivity contribution in [2.24, 2.45) is 0 Å². The van der Waals surface area contributed by atoms with Crippen LogP contribution in [0, 0.1) is 0 Å². The maximum Gasteiger partial charge on any atom is 0.256 e. The highest BCUT2D eigenvalue weighted by Crippen LogP contribution is 2.32. The van der Waals surface area contributed by atoms with E-state index in [0.717, 1.165) is 5.69 Å². The Kier molecular flexibility index (Phi) is 4.72. The number of carbonyl (C=O) groups is 1. The number of rotatable bonds is 5. The third kappa shape index (κ3) is 3.35. The number of methoxy groups -OCH3 is 2. The lowest BCUT2D eigenvalue weighted by molar-refractivity contribution is -0.133. The molecular weight excluding hydrogens is 246 g/mol. The van der Waals surface area contributed by atoms with Crippen LogP contribution in [0.25, 0.3) is 0 Å². The predicted octanol–water partition coefficient (Wildman–Crippen LogP) is 1.52. The van der Waals surface area contributed by atoms with Gasteiger partial charge in [0.15, 0.2) is 0 Å². The SMILES string of the molecule is COc1nccc(N(C)C)c1NC(=O)C(C)(C)OC. The molecule has 0 saturated carbocycles. The molecule has 0 radical (unpaired) electrons. The number of anilines is 2. The van der Waals surface area contributed by atoms with E-state index in [0.29, 0.717) is 11.6 Å². The van der Waals surface area contributed by atoms with Gasteiger partial charge in [-0.1, -0.05) is 0 Å². The molecular formula is C13H21N3O3. The lowest BCUT2D eigenvalue weighted by Gasteiger charge is -2.24. The van der Waals surface area contributed by atoms with Gasteiger partial charge in [-0.15, -0.1) is 0 Å². The van der Waals surface area contributed by atoms with Gasteiger partial charge in [0.2, 0.25) is 5.88 Å². The van der Waals surface area contributed by atoms with Gasteiger partial charge in [0.1, 0.15) is 11.3 Å². The molecule has 0 saturated heterocycles. The van der Waals surface area contributed by atoms with E-state index in [1.54, 1.807) is 26.1 Å². The van der Waals surface area contributed by atoms with Gasteiger partial charge in [-0.2, -0.15) is 0 Å². The van der Waals surface area contributed by atoms with E-state index in [-0.39, 0.29) is 5.91 Å². The highest BCUT2D eigenvalue weighted by molar-refractivity contribution is 6.00. The number of nitrogens with zero attached hydrogens (tertiary/aromatic N) is 2. The molecule has 0 spiro atoms. The lowest BCUT2D eigenvalue weighted by Crippen LogP contribution is -2.39. The van der Waals surface area contributed by atoms with Crippen LogP contribution in [-0.2, 0) is 9.53 Å².